The molecular weight excluding hydrogens is 258 g/mol. The zero-order chi connectivity index (χ0) is 10.7. The molecule has 0 aliphatic heterocycles. The molecule has 0 aliphatic carbocycles. The lowest BCUT2D eigenvalue weighted by Gasteiger charge is -1.93. The predicted molar refractivity (Wildman–Crippen MR) is 61.6 cm³/mol. The molecule has 0 spiro atoms. The molecule has 0 unspecified atom stereocenters. The highest BCUT2D eigenvalue weighted by Crippen LogP contribution is 2.15. The summed E-state index contributed by atoms with van der Waals surface area (Å²) in [4.78, 5) is 11.8. The van der Waals surface area contributed by atoms with Crippen molar-refractivity contribution < 1.29 is 5.11 Å². The molecule has 2 N–H and O–H groups in total. The zero-order valence-electron chi connectivity index (χ0n) is 8.20. The summed E-state index contributed by atoms with van der Waals surface area (Å²) in [5.41, 5.74) is 1.69. The average molecular weight is 270 g/mol. The molecule has 5 heteroatoms. The molecule has 2 heterocycles. The highest BCUT2D eigenvalue weighted by atomic mass is 79.9. The Kier molecular flexibility index (Phi) is 3.33. The first kappa shape index (κ1) is 10.6. The van der Waals surface area contributed by atoms with E-state index in [1.165, 1.54) is 0 Å². The Morgan fingerprint density at radius 2 is 2.27 bits per heavy atom. The van der Waals surface area contributed by atoms with Crippen molar-refractivity contribution in [3.8, 4) is 0 Å². The van der Waals surface area contributed by atoms with Gasteiger partial charge in [0.25, 0.3) is 0 Å². The first-order chi connectivity index (χ1) is 7.29. The Bertz CT molecular complexity index is 455. The molecule has 0 saturated carbocycles. The largest absolute Gasteiger partial charge is 0.396 e. The number of nitrogens with zero attached hydrogens (tertiary/aromatic N) is 2. The third kappa shape index (κ3) is 2.54. The molecule has 2 aromatic heterocycles. The summed E-state index contributed by atoms with van der Waals surface area (Å²) >= 11 is 3.36. The van der Waals surface area contributed by atoms with E-state index < -0.39 is 0 Å². The number of rotatable bonds is 4. The van der Waals surface area contributed by atoms with Crippen molar-refractivity contribution in [1.29, 1.82) is 0 Å². The molecule has 0 fully saturated rings. The minimum absolute atomic E-state index is 0.240. The van der Waals surface area contributed by atoms with Gasteiger partial charge in [-0.2, -0.15) is 0 Å². The smallest absolute Gasteiger partial charge is 0.177 e. The number of imidazole rings is 1. The van der Waals surface area contributed by atoms with Crippen LogP contribution in [0.3, 0.4) is 0 Å². The van der Waals surface area contributed by atoms with Crippen LogP contribution in [0.4, 0.5) is 0 Å². The van der Waals surface area contributed by atoms with Crippen LogP contribution in [-0.2, 0) is 6.42 Å². The van der Waals surface area contributed by atoms with E-state index in [4.69, 9.17) is 5.11 Å². The Morgan fingerprint density at radius 3 is 3.07 bits per heavy atom. The summed E-state index contributed by atoms with van der Waals surface area (Å²) in [6, 6.07) is 1.96. The number of aryl methyl sites for hydroxylation is 1. The van der Waals surface area contributed by atoms with E-state index in [1.54, 1.807) is 6.20 Å². The van der Waals surface area contributed by atoms with Crippen LogP contribution in [0.1, 0.15) is 18.7 Å². The van der Waals surface area contributed by atoms with E-state index in [-0.39, 0.29) is 6.61 Å². The van der Waals surface area contributed by atoms with Gasteiger partial charge >= 0.3 is 0 Å². The van der Waals surface area contributed by atoms with Crippen LogP contribution in [0.5, 0.6) is 0 Å². The maximum atomic E-state index is 8.67. The first-order valence-electron chi connectivity index (χ1n) is 4.90. The van der Waals surface area contributed by atoms with Gasteiger partial charge in [0.05, 0.1) is 5.52 Å². The van der Waals surface area contributed by atoms with E-state index in [1.807, 2.05) is 6.07 Å². The van der Waals surface area contributed by atoms with Gasteiger partial charge in [-0.15, -0.1) is 0 Å². The number of fused-ring (bicyclic) bond motifs is 1. The molecule has 0 amide bonds. The number of hydrogen-bond donors (Lipinski definition) is 2. The summed E-state index contributed by atoms with van der Waals surface area (Å²) in [5.74, 6) is 0.934. The summed E-state index contributed by atoms with van der Waals surface area (Å²) in [7, 11) is 0. The molecule has 0 saturated heterocycles. The van der Waals surface area contributed by atoms with E-state index in [0.717, 1.165) is 40.7 Å². The topological polar surface area (TPSA) is 61.8 Å². The van der Waals surface area contributed by atoms with Gasteiger partial charge in [0.2, 0.25) is 0 Å². The van der Waals surface area contributed by atoms with E-state index in [9.17, 15) is 0 Å². The number of aromatic nitrogens is 3. The average Bonchev–Trinajstić information content (AvgIpc) is 2.60. The molecule has 0 aromatic carbocycles. The van der Waals surface area contributed by atoms with Gasteiger partial charge in [0, 0.05) is 23.7 Å². The number of nitrogens with one attached hydrogen (secondary N) is 1. The van der Waals surface area contributed by atoms with E-state index >= 15 is 0 Å². The molecule has 0 bridgehead atoms. The van der Waals surface area contributed by atoms with Crippen LogP contribution < -0.4 is 0 Å². The first-order valence-corrected chi connectivity index (χ1v) is 5.70. The fourth-order valence-electron chi connectivity index (χ4n) is 1.45. The van der Waals surface area contributed by atoms with Crippen LogP contribution in [0.2, 0.25) is 0 Å². The second-order valence-corrected chi connectivity index (χ2v) is 4.30. The fraction of sp³-hybridized carbons (Fsp3) is 0.400. The van der Waals surface area contributed by atoms with Gasteiger partial charge in [-0.1, -0.05) is 0 Å². The third-order valence-corrected chi connectivity index (χ3v) is 2.61. The number of aromatic amines is 1. The maximum absolute atomic E-state index is 8.67. The lowest BCUT2D eigenvalue weighted by Crippen LogP contribution is -1.90. The van der Waals surface area contributed by atoms with Crippen LogP contribution in [-0.4, -0.2) is 26.7 Å². The van der Waals surface area contributed by atoms with Crippen molar-refractivity contribution in [3.05, 3.63) is 22.6 Å². The second kappa shape index (κ2) is 4.72. The van der Waals surface area contributed by atoms with Gasteiger partial charge in [-0.25, -0.2) is 9.97 Å². The molecule has 15 heavy (non-hydrogen) atoms. The highest BCUT2D eigenvalue weighted by Gasteiger charge is 2.03. The minimum atomic E-state index is 0.240. The zero-order valence-corrected chi connectivity index (χ0v) is 9.79. The number of aliphatic hydroxyl groups is 1. The van der Waals surface area contributed by atoms with Crippen molar-refractivity contribution in [3.63, 3.8) is 0 Å². The summed E-state index contributed by atoms with van der Waals surface area (Å²) < 4.78 is 0.945. The molecule has 80 valence electrons. The number of pyridine rings is 1. The van der Waals surface area contributed by atoms with Crippen LogP contribution in [0, 0.1) is 0 Å². The fourth-order valence-corrected chi connectivity index (χ4v) is 1.78. The van der Waals surface area contributed by atoms with Gasteiger partial charge in [-0.3, -0.25) is 0 Å². The minimum Gasteiger partial charge on any atom is -0.396 e. The van der Waals surface area contributed by atoms with Crippen LogP contribution in [0.15, 0.2) is 16.7 Å². The van der Waals surface area contributed by atoms with Gasteiger partial charge in [-0.05, 0) is 34.8 Å². The van der Waals surface area contributed by atoms with Gasteiger partial charge in [0.15, 0.2) is 5.65 Å². The molecule has 0 atom stereocenters. The lowest BCUT2D eigenvalue weighted by atomic mass is 10.2. The van der Waals surface area contributed by atoms with E-state index in [0.29, 0.717) is 0 Å². The number of H-pyrrole nitrogens is 1. The maximum Gasteiger partial charge on any atom is 0.177 e. The Balaban J connectivity index is 2.16. The predicted octanol–water partition coefficient (Wildman–Crippen LogP) is 2.04. The van der Waals surface area contributed by atoms with Crippen molar-refractivity contribution in [2.24, 2.45) is 0 Å². The molecule has 4 nitrogen and oxygen atoms in total. The number of halogens is 1. The summed E-state index contributed by atoms with van der Waals surface area (Å²) in [5, 5.41) is 8.67. The quantitative estimate of drug-likeness (QED) is 0.836. The van der Waals surface area contributed by atoms with Gasteiger partial charge < -0.3 is 10.1 Å². The van der Waals surface area contributed by atoms with E-state index in [2.05, 4.69) is 30.9 Å². The molecule has 2 rings (SSSR count). The Hall–Kier alpha value is -0.940. The Labute approximate surface area is 95.9 Å². The summed E-state index contributed by atoms with van der Waals surface area (Å²) in [6.45, 7) is 0.240. The number of aliphatic hydroxyl groups excluding tert-OH is 1. The van der Waals surface area contributed by atoms with Crippen molar-refractivity contribution >= 4 is 27.1 Å². The lowest BCUT2D eigenvalue weighted by molar-refractivity contribution is 0.284. The van der Waals surface area contributed by atoms with Crippen LogP contribution in [0.25, 0.3) is 11.2 Å². The molecule has 0 aliphatic rings. The van der Waals surface area contributed by atoms with Crippen LogP contribution >= 0.6 is 15.9 Å². The Morgan fingerprint density at radius 1 is 1.40 bits per heavy atom. The molecular formula is C10H12BrN3O. The standard InChI is InChI=1S/C10H12BrN3O/c11-7-5-8-10(12-6-7)14-9(13-8)3-1-2-4-15/h5-6,15H,1-4H2,(H,12,13,14). The molecule has 0 radical (unpaired) electrons. The normalized spacial score (nSPS) is 11.1. The van der Waals surface area contributed by atoms with Crippen molar-refractivity contribution in [2.45, 2.75) is 19.3 Å². The second-order valence-electron chi connectivity index (χ2n) is 3.39. The molecule has 2 aromatic rings. The monoisotopic (exact) mass is 269 g/mol. The summed E-state index contributed by atoms with van der Waals surface area (Å²) in [6.07, 6.45) is 4.35. The van der Waals surface area contributed by atoms with Gasteiger partial charge in [0.1, 0.15) is 5.82 Å². The van der Waals surface area contributed by atoms with Crippen molar-refractivity contribution in [2.75, 3.05) is 6.61 Å². The highest BCUT2D eigenvalue weighted by molar-refractivity contribution is 9.10. The number of unbranched alkanes of at least 4 members (excludes halogenated alkanes) is 1. The third-order valence-electron chi connectivity index (χ3n) is 2.17. The van der Waals surface area contributed by atoms with Crippen molar-refractivity contribution in [1.82, 2.24) is 15.0 Å². The SMILES string of the molecule is OCCCCc1nc2ncc(Br)cc2[nH]1. The number of hydrogen-bond acceptors (Lipinski definition) is 3.